The number of anilines is 1. The molecule has 1 unspecified atom stereocenters. The zero-order valence-electron chi connectivity index (χ0n) is 34.0. The van der Waals surface area contributed by atoms with Crippen molar-refractivity contribution < 1.29 is 47.3 Å². The number of hydrogen-bond donors (Lipinski definition) is 4. The molecule has 0 aliphatic carbocycles. The van der Waals surface area contributed by atoms with Gasteiger partial charge in [0.25, 0.3) is 6.26 Å². The van der Waals surface area contributed by atoms with E-state index in [4.69, 9.17) is 29.0 Å². The maximum absolute atomic E-state index is 14.4. The van der Waals surface area contributed by atoms with Gasteiger partial charge in [-0.1, -0.05) is 103 Å². The van der Waals surface area contributed by atoms with Crippen molar-refractivity contribution in [2.24, 2.45) is 0 Å². The van der Waals surface area contributed by atoms with Gasteiger partial charge in [0.1, 0.15) is 36.0 Å². The third-order valence-corrected chi connectivity index (χ3v) is 11.0. The van der Waals surface area contributed by atoms with Gasteiger partial charge in [-0.3, -0.25) is 9.05 Å². The lowest BCUT2D eigenvalue weighted by atomic mass is 10.0. The summed E-state index contributed by atoms with van der Waals surface area (Å²) >= 11 is 0. The molecule has 322 valence electrons. The SMILES string of the molecule is CCCCCCCCCCCCCCCCCCOC[C@H](COP(=O)(O)OC[C@@H](OC#N)[C@@H](O)[C@@H](O)c1ccc2c(N)ncnn12)OCc1cc(F)c(C)c(C#N)c1. The summed E-state index contributed by atoms with van der Waals surface area (Å²) in [5, 5.41) is 44.3. The predicted molar refractivity (Wildman–Crippen MR) is 215 cm³/mol. The number of aliphatic hydroxyl groups excluding tert-OH is 2. The van der Waals surface area contributed by atoms with E-state index in [1.807, 2.05) is 6.07 Å². The van der Waals surface area contributed by atoms with Crippen LogP contribution in [0.1, 0.15) is 138 Å². The molecule has 0 aliphatic rings. The zero-order chi connectivity index (χ0) is 42.2. The molecule has 0 bridgehead atoms. The number of aliphatic hydroxyl groups is 2. The Balaban J connectivity index is 1.44. The van der Waals surface area contributed by atoms with Crippen LogP contribution in [-0.2, 0) is 34.4 Å². The number of hydrogen-bond acceptors (Lipinski definition) is 13. The van der Waals surface area contributed by atoms with Crippen molar-refractivity contribution in [3.63, 3.8) is 0 Å². The van der Waals surface area contributed by atoms with Crippen LogP contribution < -0.4 is 5.73 Å². The molecule has 3 rings (SSSR count). The number of nitrogens with two attached hydrogens (primary N) is 1. The molecular weight excluding hydrogens is 770 g/mol. The number of benzene rings is 1. The molecule has 0 aliphatic heterocycles. The van der Waals surface area contributed by atoms with E-state index in [2.05, 4.69) is 17.0 Å². The van der Waals surface area contributed by atoms with E-state index < -0.39 is 51.3 Å². The molecule has 0 radical (unpaired) electrons. The fraction of sp³-hybridized carbons (Fsp3) is 0.659. The Labute approximate surface area is 341 Å². The van der Waals surface area contributed by atoms with Crippen LogP contribution in [0.25, 0.3) is 5.52 Å². The molecule has 2 heterocycles. The van der Waals surface area contributed by atoms with E-state index in [9.17, 15) is 34.6 Å². The van der Waals surface area contributed by atoms with E-state index in [0.717, 1.165) is 25.6 Å². The zero-order valence-corrected chi connectivity index (χ0v) is 34.9. The van der Waals surface area contributed by atoms with Crippen molar-refractivity contribution in [1.29, 1.82) is 10.5 Å². The summed E-state index contributed by atoms with van der Waals surface area (Å²) in [5.41, 5.74) is 7.02. The molecule has 58 heavy (non-hydrogen) atoms. The van der Waals surface area contributed by atoms with Crippen LogP contribution in [0.5, 0.6) is 0 Å². The minimum absolute atomic E-state index is 0.0252. The van der Waals surface area contributed by atoms with E-state index in [-0.39, 0.29) is 35.9 Å². The first-order chi connectivity index (χ1) is 28.0. The lowest BCUT2D eigenvalue weighted by molar-refractivity contribution is -0.0821. The topological polar surface area (TPSA) is 228 Å². The van der Waals surface area contributed by atoms with Crippen molar-refractivity contribution in [1.82, 2.24) is 14.6 Å². The highest BCUT2D eigenvalue weighted by atomic mass is 31.2. The third-order valence-electron chi connectivity index (χ3n) is 10.0. The number of phosphoric ester groups is 1. The Bertz CT molecular complexity index is 1770. The Kier molecular flexibility index (Phi) is 22.8. The fourth-order valence-electron chi connectivity index (χ4n) is 6.49. The van der Waals surface area contributed by atoms with E-state index >= 15 is 0 Å². The van der Waals surface area contributed by atoms with Crippen LogP contribution in [-0.4, -0.2) is 74.4 Å². The number of nitrogens with zero attached hydrogens (tertiary/aromatic N) is 5. The number of halogens is 1. The number of aromatic nitrogens is 3. The Morgan fingerprint density at radius 2 is 1.50 bits per heavy atom. The first-order valence-corrected chi connectivity index (χ1v) is 22.0. The van der Waals surface area contributed by atoms with Crippen molar-refractivity contribution in [3.8, 4) is 12.3 Å². The molecule has 2 aromatic heterocycles. The van der Waals surface area contributed by atoms with Gasteiger partial charge in [-0.25, -0.2) is 18.5 Å². The van der Waals surface area contributed by atoms with Crippen LogP contribution in [0.15, 0.2) is 30.6 Å². The van der Waals surface area contributed by atoms with Crippen molar-refractivity contribution >= 4 is 19.2 Å². The number of ether oxygens (including phenoxy) is 3. The number of fused-ring (bicyclic) bond motifs is 1. The third kappa shape index (κ3) is 17.3. The molecule has 5 atom stereocenters. The minimum Gasteiger partial charge on any atom is -0.419 e. The summed E-state index contributed by atoms with van der Waals surface area (Å²) < 4.78 is 55.5. The number of phosphoric acid groups is 1. The van der Waals surface area contributed by atoms with Gasteiger partial charge in [0.2, 0.25) is 0 Å². The van der Waals surface area contributed by atoms with Gasteiger partial charge in [0, 0.05) is 12.2 Å². The number of nitriles is 2. The lowest BCUT2D eigenvalue weighted by Gasteiger charge is -2.25. The van der Waals surface area contributed by atoms with E-state index in [1.165, 1.54) is 125 Å². The van der Waals surface area contributed by atoms with E-state index in [0.29, 0.717) is 17.7 Å². The molecule has 0 amide bonds. The Hall–Kier alpha value is -3.70. The maximum Gasteiger partial charge on any atom is 0.472 e. The molecule has 0 spiro atoms. The second-order valence-electron chi connectivity index (χ2n) is 14.6. The first-order valence-electron chi connectivity index (χ1n) is 20.5. The van der Waals surface area contributed by atoms with Crippen LogP contribution >= 0.6 is 7.82 Å². The van der Waals surface area contributed by atoms with Gasteiger partial charge in [0.15, 0.2) is 11.9 Å². The average Bonchev–Trinajstić information content (AvgIpc) is 3.66. The minimum atomic E-state index is -4.86. The summed E-state index contributed by atoms with van der Waals surface area (Å²) in [6, 6.07) is 7.67. The summed E-state index contributed by atoms with van der Waals surface area (Å²) in [7, 11) is -4.86. The summed E-state index contributed by atoms with van der Waals surface area (Å²) in [4.78, 5) is 14.4. The Morgan fingerprint density at radius 1 is 0.897 bits per heavy atom. The second-order valence-corrected chi connectivity index (χ2v) is 16.1. The molecule has 5 N–H and O–H groups in total. The molecule has 17 heteroatoms. The number of rotatable bonds is 32. The summed E-state index contributed by atoms with van der Waals surface area (Å²) in [5.74, 6) is -0.442. The molecule has 0 saturated carbocycles. The van der Waals surface area contributed by atoms with Crippen LogP contribution in [0.3, 0.4) is 0 Å². The molecule has 0 saturated heterocycles. The molecule has 3 aromatic rings. The van der Waals surface area contributed by atoms with Gasteiger partial charge in [-0.05, 0) is 43.2 Å². The highest BCUT2D eigenvalue weighted by Gasteiger charge is 2.35. The quantitative estimate of drug-likeness (QED) is 0.0267. The maximum atomic E-state index is 14.4. The smallest absolute Gasteiger partial charge is 0.419 e. The Morgan fingerprint density at radius 3 is 2.10 bits per heavy atom. The summed E-state index contributed by atoms with van der Waals surface area (Å²) in [6.45, 7) is 2.68. The standard InChI is InChI=1S/C41H62FN6O9P/c1-3-4-5-6-7-8-9-10-11-12-13-14-15-16-17-18-21-53-26-34(54-25-32-22-33(24-43)31(2)35(42)23-32)27-56-58(51,52)57-28-38(55-29-44)40(50)39(49)36-19-20-37-41(45)46-30-47-48(36)37/h19-20,22-23,30,34,38-40,49-50H,3-18,21,25-28H2,1-2H3,(H,51,52)(H2,45,46,47)/t34-,38-,39+,40-/m1/s1. The van der Waals surface area contributed by atoms with Gasteiger partial charge < -0.3 is 35.1 Å². The molecule has 15 nitrogen and oxygen atoms in total. The van der Waals surface area contributed by atoms with Gasteiger partial charge in [0.05, 0.1) is 43.8 Å². The first kappa shape index (κ1) is 48.7. The molecular formula is C41H62FN6O9P. The summed E-state index contributed by atoms with van der Waals surface area (Å²) in [6.07, 6.45) is 16.5. The van der Waals surface area contributed by atoms with Crippen LogP contribution in [0.2, 0.25) is 0 Å². The number of unbranched alkanes of at least 4 members (excludes halogenated alkanes) is 15. The second kappa shape index (κ2) is 27.1. The molecule has 1 aromatic carbocycles. The highest BCUT2D eigenvalue weighted by molar-refractivity contribution is 7.47. The normalized spacial score (nSPS) is 14.7. The highest BCUT2D eigenvalue weighted by Crippen LogP contribution is 2.44. The fourth-order valence-corrected chi connectivity index (χ4v) is 7.25. The number of nitrogen functional groups attached to an aromatic ring is 1. The predicted octanol–water partition coefficient (Wildman–Crippen LogP) is 7.89. The average molecular weight is 833 g/mol. The van der Waals surface area contributed by atoms with Crippen molar-refractivity contribution in [2.45, 2.75) is 148 Å². The monoisotopic (exact) mass is 832 g/mol. The van der Waals surface area contributed by atoms with Gasteiger partial charge in [-0.2, -0.15) is 15.6 Å². The van der Waals surface area contributed by atoms with E-state index in [1.54, 1.807) is 0 Å². The van der Waals surface area contributed by atoms with Crippen molar-refractivity contribution in [2.75, 3.05) is 32.2 Å². The molecule has 0 fully saturated rings. The van der Waals surface area contributed by atoms with Gasteiger partial charge >= 0.3 is 7.82 Å². The van der Waals surface area contributed by atoms with Crippen LogP contribution in [0.4, 0.5) is 10.2 Å². The largest absolute Gasteiger partial charge is 0.472 e. The van der Waals surface area contributed by atoms with Crippen molar-refractivity contribution in [3.05, 3.63) is 58.8 Å². The lowest BCUT2D eigenvalue weighted by Crippen LogP contribution is -2.37. The van der Waals surface area contributed by atoms with Crippen LogP contribution in [0, 0.1) is 35.6 Å². The van der Waals surface area contributed by atoms with Gasteiger partial charge in [-0.15, -0.1) is 0 Å².